The molecule has 0 saturated heterocycles. The monoisotopic (exact) mass is 378 g/mol. The maximum absolute atomic E-state index is 5.69. The summed E-state index contributed by atoms with van der Waals surface area (Å²) in [6.45, 7) is 8.53. The summed E-state index contributed by atoms with van der Waals surface area (Å²) in [5.41, 5.74) is 6.09. The van der Waals surface area contributed by atoms with Crippen molar-refractivity contribution in [3.63, 3.8) is 0 Å². The molecule has 0 fully saturated rings. The van der Waals surface area contributed by atoms with Crippen molar-refractivity contribution in [2.45, 2.75) is 6.54 Å². The van der Waals surface area contributed by atoms with Gasteiger partial charge in [0.1, 0.15) is 0 Å². The van der Waals surface area contributed by atoms with E-state index < -0.39 is 0 Å². The van der Waals surface area contributed by atoms with E-state index in [2.05, 4.69) is 87.7 Å². The average molecular weight is 378 g/mol. The Morgan fingerprint density at radius 2 is 1.69 bits per heavy atom. The van der Waals surface area contributed by atoms with Crippen LogP contribution < -0.4 is 4.90 Å². The van der Waals surface area contributed by atoms with Crippen LogP contribution in [-0.4, -0.2) is 35.2 Å². The van der Waals surface area contributed by atoms with Gasteiger partial charge in [0.05, 0.1) is 11.4 Å². The molecule has 5 rings (SSSR count). The van der Waals surface area contributed by atoms with E-state index in [1.807, 2.05) is 6.07 Å². The smallest absolute Gasteiger partial charge is 0.0929 e. The van der Waals surface area contributed by atoms with Crippen LogP contribution in [-0.2, 0) is 6.54 Å². The van der Waals surface area contributed by atoms with Crippen LogP contribution in [0.5, 0.6) is 0 Å². The maximum Gasteiger partial charge on any atom is 0.0929 e. The summed E-state index contributed by atoms with van der Waals surface area (Å²) in [6, 6.07) is 25.5. The lowest BCUT2D eigenvalue weighted by Gasteiger charge is -2.25. The predicted molar refractivity (Wildman–Crippen MR) is 118 cm³/mol. The molecular formula is C25H22N4. The zero-order chi connectivity index (χ0) is 19.8. The summed E-state index contributed by atoms with van der Waals surface area (Å²) in [6.07, 6.45) is 0. The Morgan fingerprint density at radius 3 is 2.52 bits per heavy atom. The summed E-state index contributed by atoms with van der Waals surface area (Å²) in [5, 5.41) is 10.8. The molecule has 2 heterocycles. The number of aromatic nitrogens is 2. The number of likely N-dealkylation sites (N-methyl/N-ethyl adjacent to an activating group) is 1. The predicted octanol–water partition coefficient (Wildman–Crippen LogP) is 4.94. The highest BCUT2D eigenvalue weighted by molar-refractivity contribution is 5.87. The van der Waals surface area contributed by atoms with Crippen molar-refractivity contribution in [1.82, 2.24) is 15.1 Å². The Balaban J connectivity index is 1.59. The molecule has 142 valence electrons. The van der Waals surface area contributed by atoms with Gasteiger partial charge in [-0.2, -0.15) is 10.2 Å². The van der Waals surface area contributed by atoms with Gasteiger partial charge in [-0.1, -0.05) is 36.4 Å². The summed E-state index contributed by atoms with van der Waals surface area (Å²) < 4.78 is 0. The van der Waals surface area contributed by atoms with Gasteiger partial charge in [-0.15, -0.1) is 0 Å². The molecule has 29 heavy (non-hydrogen) atoms. The van der Waals surface area contributed by atoms with Crippen LogP contribution in [0.3, 0.4) is 0 Å². The summed E-state index contributed by atoms with van der Waals surface area (Å²) in [7, 11) is 2.17. The van der Waals surface area contributed by atoms with E-state index in [1.54, 1.807) is 6.07 Å². The first kappa shape index (κ1) is 17.8. The molecule has 4 aromatic rings. The highest BCUT2D eigenvalue weighted by Gasteiger charge is 2.20. The lowest BCUT2D eigenvalue weighted by atomic mass is 10.0. The third-order valence-corrected chi connectivity index (χ3v) is 5.54. The number of benzene rings is 3. The maximum atomic E-state index is 5.69. The van der Waals surface area contributed by atoms with Crippen molar-refractivity contribution in [2.24, 2.45) is 0 Å². The molecule has 0 saturated carbocycles. The largest absolute Gasteiger partial charge is 0.340 e. The average Bonchev–Trinajstić information content (AvgIpc) is 2.91. The van der Waals surface area contributed by atoms with Gasteiger partial charge in [0, 0.05) is 43.5 Å². The molecule has 2 radical (unpaired) electrons. The van der Waals surface area contributed by atoms with Crippen LogP contribution in [0.1, 0.15) is 11.3 Å². The second-order valence-corrected chi connectivity index (χ2v) is 7.61. The lowest BCUT2D eigenvalue weighted by Crippen LogP contribution is -2.26. The van der Waals surface area contributed by atoms with Crippen LogP contribution in [0.4, 0.5) is 11.4 Å². The van der Waals surface area contributed by atoms with Gasteiger partial charge in [-0.3, -0.25) is 0 Å². The highest BCUT2D eigenvalue weighted by atomic mass is 15.2. The third kappa shape index (κ3) is 3.47. The topological polar surface area (TPSA) is 32.3 Å². The van der Waals surface area contributed by atoms with Crippen molar-refractivity contribution < 1.29 is 0 Å². The molecule has 4 heteroatoms. The van der Waals surface area contributed by atoms with Gasteiger partial charge in [0.25, 0.3) is 0 Å². The molecule has 1 aromatic heterocycles. The molecule has 0 N–H and O–H groups in total. The van der Waals surface area contributed by atoms with E-state index in [-0.39, 0.29) is 0 Å². The summed E-state index contributed by atoms with van der Waals surface area (Å²) in [4.78, 5) is 4.78. The Labute approximate surface area is 171 Å². The number of hydrogen-bond acceptors (Lipinski definition) is 4. The minimum atomic E-state index is 0.436. The molecule has 0 spiro atoms. The SMILES string of the molecule is [CH]c1ccc(-c2ccc3c(c2)CN(C)CCN3c2ccc3ccccc3c2)nn1. The Morgan fingerprint density at radius 1 is 0.828 bits per heavy atom. The Kier molecular flexibility index (Phi) is 4.49. The zero-order valence-corrected chi connectivity index (χ0v) is 16.4. The van der Waals surface area contributed by atoms with Crippen molar-refractivity contribution in [2.75, 3.05) is 25.0 Å². The van der Waals surface area contributed by atoms with Crippen molar-refractivity contribution in [3.8, 4) is 11.3 Å². The van der Waals surface area contributed by atoms with Crippen LogP contribution in [0.2, 0.25) is 0 Å². The molecule has 0 aliphatic carbocycles. The first-order valence-corrected chi connectivity index (χ1v) is 9.85. The van der Waals surface area contributed by atoms with E-state index in [9.17, 15) is 0 Å². The molecule has 0 atom stereocenters. The van der Waals surface area contributed by atoms with E-state index in [4.69, 9.17) is 6.92 Å². The van der Waals surface area contributed by atoms with Crippen LogP contribution in [0, 0.1) is 6.92 Å². The molecule has 4 nitrogen and oxygen atoms in total. The van der Waals surface area contributed by atoms with E-state index in [1.165, 1.54) is 27.7 Å². The van der Waals surface area contributed by atoms with E-state index >= 15 is 0 Å². The zero-order valence-electron chi connectivity index (χ0n) is 16.4. The van der Waals surface area contributed by atoms with Gasteiger partial charge in [-0.25, -0.2) is 0 Å². The fraction of sp³-hybridized carbons (Fsp3) is 0.160. The second kappa shape index (κ2) is 7.30. The number of fused-ring (bicyclic) bond motifs is 2. The van der Waals surface area contributed by atoms with Gasteiger partial charge in [0.2, 0.25) is 0 Å². The lowest BCUT2D eigenvalue weighted by molar-refractivity contribution is 0.343. The van der Waals surface area contributed by atoms with Crippen LogP contribution in [0.25, 0.3) is 22.0 Å². The standard InChI is InChI=1S/C25H22N4/c1-18-7-11-24(27-26-18)21-9-12-25-22(15-21)17-28(2)13-14-29(25)23-10-8-19-5-3-4-6-20(19)16-23/h1,3-12,15-16H,13-14,17H2,2H3. The summed E-state index contributed by atoms with van der Waals surface area (Å²) >= 11 is 0. The Bertz CT molecular complexity index is 1170. The normalized spacial score (nSPS) is 14.6. The molecule has 0 amide bonds. The fourth-order valence-electron chi connectivity index (χ4n) is 4.01. The van der Waals surface area contributed by atoms with Crippen molar-refractivity contribution in [3.05, 3.63) is 91.0 Å². The van der Waals surface area contributed by atoms with Crippen molar-refractivity contribution in [1.29, 1.82) is 0 Å². The van der Waals surface area contributed by atoms with Crippen LogP contribution in [0.15, 0.2) is 72.8 Å². The minimum Gasteiger partial charge on any atom is -0.340 e. The van der Waals surface area contributed by atoms with Crippen molar-refractivity contribution >= 4 is 22.1 Å². The number of anilines is 2. The minimum absolute atomic E-state index is 0.436. The molecule has 0 unspecified atom stereocenters. The van der Waals surface area contributed by atoms with Gasteiger partial charge in [0.15, 0.2) is 0 Å². The first-order chi connectivity index (χ1) is 14.2. The van der Waals surface area contributed by atoms with Gasteiger partial charge >= 0.3 is 0 Å². The number of hydrogen-bond donors (Lipinski definition) is 0. The molecule has 0 bridgehead atoms. The number of nitrogens with zero attached hydrogens (tertiary/aromatic N) is 4. The van der Waals surface area contributed by atoms with E-state index in [0.717, 1.165) is 30.9 Å². The van der Waals surface area contributed by atoms with Gasteiger partial charge in [-0.05, 0) is 59.8 Å². The Hall–Kier alpha value is -3.24. The number of rotatable bonds is 2. The first-order valence-electron chi connectivity index (χ1n) is 9.85. The molecule has 1 aliphatic rings. The van der Waals surface area contributed by atoms with Gasteiger partial charge < -0.3 is 9.80 Å². The summed E-state index contributed by atoms with van der Waals surface area (Å²) in [5.74, 6) is 0. The highest BCUT2D eigenvalue weighted by Crippen LogP contribution is 2.35. The van der Waals surface area contributed by atoms with E-state index in [0.29, 0.717) is 5.69 Å². The quantitative estimate of drug-likeness (QED) is 0.495. The van der Waals surface area contributed by atoms with Crippen LogP contribution >= 0.6 is 0 Å². The second-order valence-electron chi connectivity index (χ2n) is 7.61. The fourth-order valence-corrected chi connectivity index (χ4v) is 4.01. The molecule has 1 aliphatic heterocycles. The molecular weight excluding hydrogens is 356 g/mol. The third-order valence-electron chi connectivity index (χ3n) is 5.54. The molecule has 3 aromatic carbocycles.